The van der Waals surface area contributed by atoms with Crippen molar-refractivity contribution in [2.45, 2.75) is 58.8 Å². The molecule has 0 unspecified atom stereocenters. The number of carbonyl (C=O) groups is 1. The molecule has 8 heteroatoms. The second-order valence-electron chi connectivity index (χ2n) is 9.97. The fourth-order valence-electron chi connectivity index (χ4n) is 3.40. The van der Waals surface area contributed by atoms with Crippen LogP contribution in [0.25, 0.3) is 0 Å². The number of carboxylic acid groups (broad SMARTS) is 1. The minimum absolute atomic E-state index is 0.0328. The molecule has 0 saturated carbocycles. The summed E-state index contributed by atoms with van der Waals surface area (Å²) in [6.07, 6.45) is 1.37. The third-order valence-electron chi connectivity index (χ3n) is 4.85. The average molecular weight is 462 g/mol. The number of sulfonamides is 1. The van der Waals surface area contributed by atoms with Gasteiger partial charge in [-0.05, 0) is 41.0 Å². The fourth-order valence-corrected chi connectivity index (χ4v) is 4.43. The molecule has 0 aliphatic rings. The molecule has 1 aromatic carbocycles. The molecule has 0 radical (unpaired) electrons. The Labute approximate surface area is 191 Å². The van der Waals surface area contributed by atoms with Gasteiger partial charge < -0.3 is 10.0 Å². The van der Waals surface area contributed by atoms with Gasteiger partial charge in [0.15, 0.2) is 0 Å². The summed E-state index contributed by atoms with van der Waals surface area (Å²) in [5, 5.41) is 9.79. The van der Waals surface area contributed by atoms with E-state index in [-0.39, 0.29) is 21.6 Å². The second kappa shape index (κ2) is 9.90. The molecule has 2 aromatic rings. The Kier molecular flexibility index (Phi) is 7.93. The highest BCUT2D eigenvalue weighted by Crippen LogP contribution is 2.27. The van der Waals surface area contributed by atoms with Crippen LogP contribution in [-0.4, -0.2) is 37.6 Å². The van der Waals surface area contributed by atoms with E-state index < -0.39 is 16.0 Å². The Hall–Kier alpha value is -2.61. The molecular formula is C24H35N3O4S. The summed E-state index contributed by atoms with van der Waals surface area (Å²) in [5.41, 5.74) is 1.00. The summed E-state index contributed by atoms with van der Waals surface area (Å²) < 4.78 is 28.2. The van der Waals surface area contributed by atoms with Crippen molar-refractivity contribution in [3.8, 4) is 0 Å². The van der Waals surface area contributed by atoms with Gasteiger partial charge in [0.1, 0.15) is 11.4 Å². The Morgan fingerprint density at radius 1 is 1.06 bits per heavy atom. The van der Waals surface area contributed by atoms with Crippen LogP contribution in [0.15, 0.2) is 41.4 Å². The maximum atomic E-state index is 12.9. The number of rotatable bonds is 9. The lowest BCUT2D eigenvalue weighted by Crippen LogP contribution is -2.33. The Morgan fingerprint density at radius 2 is 1.59 bits per heavy atom. The second-order valence-corrected chi connectivity index (χ2v) is 11.7. The van der Waals surface area contributed by atoms with Crippen molar-refractivity contribution in [1.29, 1.82) is 0 Å². The molecule has 0 fully saturated rings. The van der Waals surface area contributed by atoms with Crippen LogP contribution in [0.2, 0.25) is 0 Å². The van der Waals surface area contributed by atoms with E-state index >= 15 is 0 Å². The largest absolute Gasteiger partial charge is 0.478 e. The minimum atomic E-state index is -3.89. The number of nitrogens with zero attached hydrogens (tertiary/aromatic N) is 2. The van der Waals surface area contributed by atoms with Gasteiger partial charge in [0.05, 0.1) is 16.8 Å². The van der Waals surface area contributed by atoms with Crippen LogP contribution in [0, 0.1) is 11.8 Å². The molecule has 176 valence electrons. The van der Waals surface area contributed by atoms with Crippen molar-refractivity contribution in [3.63, 3.8) is 0 Å². The molecule has 0 amide bonds. The lowest BCUT2D eigenvalue weighted by Gasteiger charge is -2.28. The molecule has 0 saturated heterocycles. The molecule has 1 heterocycles. The SMILES string of the molecule is CC(C)CN(CC(C)C)c1ncc(NS(=O)(=O)c2ccc(C(C)(C)C)cc2)cc1C(=O)O. The molecule has 32 heavy (non-hydrogen) atoms. The van der Waals surface area contributed by atoms with Crippen molar-refractivity contribution < 1.29 is 18.3 Å². The van der Waals surface area contributed by atoms with Gasteiger partial charge in [-0.15, -0.1) is 0 Å². The molecule has 2 N–H and O–H groups in total. The smallest absolute Gasteiger partial charge is 0.339 e. The zero-order valence-corrected chi connectivity index (χ0v) is 20.8. The Morgan fingerprint density at radius 3 is 2.03 bits per heavy atom. The number of carboxylic acids is 1. The summed E-state index contributed by atoms with van der Waals surface area (Å²) in [6, 6.07) is 8.01. The fraction of sp³-hybridized carbons (Fsp3) is 0.500. The lowest BCUT2D eigenvalue weighted by atomic mass is 9.87. The molecule has 0 aliphatic heterocycles. The van der Waals surface area contributed by atoms with Gasteiger partial charge in [0, 0.05) is 13.1 Å². The van der Waals surface area contributed by atoms with Gasteiger partial charge in [0.25, 0.3) is 10.0 Å². The number of hydrogen-bond donors (Lipinski definition) is 2. The highest BCUT2D eigenvalue weighted by molar-refractivity contribution is 7.92. The summed E-state index contributed by atoms with van der Waals surface area (Å²) in [4.78, 5) is 18.4. The first-order valence-electron chi connectivity index (χ1n) is 10.8. The number of nitrogens with one attached hydrogen (secondary N) is 1. The van der Waals surface area contributed by atoms with Crippen molar-refractivity contribution in [2.24, 2.45) is 11.8 Å². The van der Waals surface area contributed by atoms with Crippen molar-refractivity contribution in [2.75, 3.05) is 22.7 Å². The predicted molar refractivity (Wildman–Crippen MR) is 129 cm³/mol. The average Bonchev–Trinajstić information content (AvgIpc) is 2.65. The van der Waals surface area contributed by atoms with Gasteiger partial charge >= 0.3 is 5.97 Å². The van der Waals surface area contributed by atoms with E-state index in [2.05, 4.69) is 58.2 Å². The Balaban J connectivity index is 2.38. The zero-order chi connectivity index (χ0) is 24.3. The molecule has 0 aliphatic carbocycles. The summed E-state index contributed by atoms with van der Waals surface area (Å²) in [5.74, 6) is -0.184. The highest BCUT2D eigenvalue weighted by atomic mass is 32.2. The van der Waals surface area contributed by atoms with Gasteiger partial charge in [-0.2, -0.15) is 0 Å². The normalized spacial score (nSPS) is 12.3. The lowest BCUT2D eigenvalue weighted by molar-refractivity contribution is 0.0697. The van der Waals surface area contributed by atoms with Crippen molar-refractivity contribution >= 4 is 27.5 Å². The standard InChI is InChI=1S/C24H35N3O4S/c1-16(2)14-27(15-17(3)4)22-21(23(28)29)12-19(13-25-22)26-32(30,31)20-10-8-18(9-11-20)24(5,6)7/h8-13,16-17,26H,14-15H2,1-7H3,(H,28,29). The highest BCUT2D eigenvalue weighted by Gasteiger charge is 2.23. The first-order chi connectivity index (χ1) is 14.7. The molecule has 1 aromatic heterocycles. The van der Waals surface area contributed by atoms with Gasteiger partial charge in [-0.1, -0.05) is 60.6 Å². The Bertz CT molecular complexity index is 1030. The quantitative estimate of drug-likeness (QED) is 0.545. The zero-order valence-electron chi connectivity index (χ0n) is 20.0. The predicted octanol–water partition coefficient (Wildman–Crippen LogP) is 5.00. The molecular weight excluding hydrogens is 426 g/mol. The van der Waals surface area contributed by atoms with Gasteiger partial charge in [-0.3, -0.25) is 4.72 Å². The number of aromatic nitrogens is 1. The van der Waals surface area contributed by atoms with Crippen molar-refractivity contribution in [3.05, 3.63) is 47.7 Å². The topological polar surface area (TPSA) is 99.6 Å². The first-order valence-corrected chi connectivity index (χ1v) is 12.3. The van der Waals surface area contributed by atoms with Crippen LogP contribution in [0.4, 0.5) is 11.5 Å². The van der Waals surface area contributed by atoms with Crippen LogP contribution < -0.4 is 9.62 Å². The van der Waals surface area contributed by atoms with Crippen LogP contribution >= 0.6 is 0 Å². The number of benzene rings is 1. The van der Waals surface area contributed by atoms with Gasteiger partial charge in [-0.25, -0.2) is 18.2 Å². The van der Waals surface area contributed by atoms with E-state index in [9.17, 15) is 18.3 Å². The van der Waals surface area contributed by atoms with E-state index in [1.165, 1.54) is 12.3 Å². The van der Waals surface area contributed by atoms with Crippen LogP contribution in [0.5, 0.6) is 0 Å². The third-order valence-corrected chi connectivity index (χ3v) is 6.25. The van der Waals surface area contributed by atoms with E-state index in [4.69, 9.17) is 0 Å². The number of hydrogen-bond acceptors (Lipinski definition) is 5. The molecule has 0 spiro atoms. The summed E-state index contributed by atoms with van der Waals surface area (Å²) in [7, 11) is -3.89. The molecule has 0 atom stereocenters. The van der Waals surface area contributed by atoms with E-state index in [1.54, 1.807) is 24.3 Å². The van der Waals surface area contributed by atoms with Crippen LogP contribution in [-0.2, 0) is 15.4 Å². The minimum Gasteiger partial charge on any atom is -0.478 e. The van der Waals surface area contributed by atoms with Crippen LogP contribution in [0.1, 0.15) is 64.4 Å². The number of anilines is 2. The van der Waals surface area contributed by atoms with Gasteiger partial charge in [0.2, 0.25) is 0 Å². The molecule has 0 bridgehead atoms. The third kappa shape index (κ3) is 6.69. The maximum Gasteiger partial charge on any atom is 0.339 e. The summed E-state index contributed by atoms with van der Waals surface area (Å²) >= 11 is 0. The monoisotopic (exact) mass is 461 g/mol. The van der Waals surface area contributed by atoms with Crippen LogP contribution in [0.3, 0.4) is 0 Å². The molecule has 7 nitrogen and oxygen atoms in total. The molecule has 2 rings (SSSR count). The summed E-state index contributed by atoms with van der Waals surface area (Å²) in [6.45, 7) is 15.7. The van der Waals surface area contributed by atoms with Crippen molar-refractivity contribution in [1.82, 2.24) is 4.98 Å². The number of aromatic carboxylic acids is 1. The maximum absolute atomic E-state index is 12.9. The van der Waals surface area contributed by atoms with E-state index in [0.29, 0.717) is 30.7 Å². The van der Waals surface area contributed by atoms with E-state index in [0.717, 1.165) is 5.56 Å². The number of pyridine rings is 1. The van der Waals surface area contributed by atoms with E-state index in [1.807, 2.05) is 4.90 Å². The first kappa shape index (κ1) is 25.6.